The lowest BCUT2D eigenvalue weighted by molar-refractivity contribution is 0.213. The van der Waals surface area contributed by atoms with Gasteiger partial charge in [-0.15, -0.1) is 0 Å². The third kappa shape index (κ3) is 2.76. The lowest BCUT2D eigenvalue weighted by Gasteiger charge is -2.35. The van der Waals surface area contributed by atoms with Crippen molar-refractivity contribution in [3.8, 4) is 5.75 Å². The molecule has 0 N–H and O–H groups in total. The number of ether oxygens (including phenoxy) is 1. The first-order valence-electron chi connectivity index (χ1n) is 8.74. The number of allylic oxidation sites excluding steroid dienone is 1. The van der Waals surface area contributed by atoms with Crippen LogP contribution in [0.15, 0.2) is 49.0 Å². The molecule has 0 aromatic heterocycles. The highest BCUT2D eigenvalue weighted by atomic mass is 16.5. The molecule has 1 aliphatic carbocycles. The molecule has 2 heteroatoms. The molecule has 1 heterocycles. The van der Waals surface area contributed by atoms with Gasteiger partial charge < -0.3 is 4.74 Å². The molecule has 0 amide bonds. The Bertz CT molecular complexity index is 771. The van der Waals surface area contributed by atoms with Crippen LogP contribution < -0.4 is 4.74 Å². The zero-order valence-corrected chi connectivity index (χ0v) is 14.6. The average molecular weight is 319 g/mol. The van der Waals surface area contributed by atoms with E-state index in [-0.39, 0.29) is 0 Å². The first kappa shape index (κ1) is 15.5. The first-order valence-corrected chi connectivity index (χ1v) is 8.74. The topological polar surface area (TPSA) is 12.5 Å². The van der Waals surface area contributed by atoms with E-state index in [0.29, 0.717) is 5.41 Å². The van der Waals surface area contributed by atoms with Crippen LogP contribution in [0.5, 0.6) is 5.75 Å². The van der Waals surface area contributed by atoms with Crippen molar-refractivity contribution in [3.05, 3.63) is 71.3 Å². The Morgan fingerprint density at radius 3 is 2.54 bits per heavy atom. The zero-order valence-electron chi connectivity index (χ0n) is 14.6. The summed E-state index contributed by atoms with van der Waals surface area (Å²) in [5.74, 6) is 0.925. The molecular formula is C22H25NO. The van der Waals surface area contributed by atoms with Crippen molar-refractivity contribution in [2.75, 3.05) is 13.7 Å². The molecule has 2 aromatic carbocycles. The highest BCUT2D eigenvalue weighted by Crippen LogP contribution is 2.53. The van der Waals surface area contributed by atoms with Gasteiger partial charge in [-0.3, -0.25) is 4.90 Å². The summed E-state index contributed by atoms with van der Waals surface area (Å²) in [6.07, 6.45) is 2.64. The van der Waals surface area contributed by atoms with E-state index >= 15 is 0 Å². The second kappa shape index (κ2) is 5.78. The Morgan fingerprint density at radius 1 is 1.17 bits per heavy atom. The van der Waals surface area contributed by atoms with Gasteiger partial charge in [-0.1, -0.05) is 42.5 Å². The summed E-state index contributed by atoms with van der Waals surface area (Å²) in [5, 5.41) is 0. The Labute approximate surface area is 144 Å². The number of benzene rings is 2. The molecule has 0 unspecified atom stereocenters. The van der Waals surface area contributed by atoms with E-state index in [9.17, 15) is 0 Å². The van der Waals surface area contributed by atoms with Crippen molar-refractivity contribution in [1.29, 1.82) is 0 Å². The molecule has 0 saturated heterocycles. The highest BCUT2D eigenvalue weighted by Gasteiger charge is 2.48. The molecule has 1 spiro atoms. The predicted molar refractivity (Wildman–Crippen MR) is 99.2 cm³/mol. The van der Waals surface area contributed by atoms with Crippen molar-refractivity contribution >= 4 is 5.57 Å². The van der Waals surface area contributed by atoms with Crippen LogP contribution >= 0.6 is 0 Å². The summed E-state index contributed by atoms with van der Waals surface area (Å²) in [7, 11) is 1.71. The van der Waals surface area contributed by atoms with Crippen LogP contribution in [0.2, 0.25) is 0 Å². The minimum atomic E-state index is 0.394. The maximum Gasteiger partial charge on any atom is 0.118 e. The monoisotopic (exact) mass is 319 g/mol. The fourth-order valence-corrected chi connectivity index (χ4v) is 3.96. The van der Waals surface area contributed by atoms with Crippen LogP contribution in [0.3, 0.4) is 0 Å². The number of fused-ring (bicyclic) bond motifs is 2. The number of methoxy groups -OCH3 is 1. The fourth-order valence-electron chi connectivity index (χ4n) is 3.96. The van der Waals surface area contributed by atoms with Gasteiger partial charge in [0.1, 0.15) is 5.75 Å². The Balaban J connectivity index is 1.57. The van der Waals surface area contributed by atoms with Crippen LogP contribution in [-0.4, -0.2) is 18.6 Å². The van der Waals surface area contributed by atoms with Crippen molar-refractivity contribution in [3.63, 3.8) is 0 Å². The van der Waals surface area contributed by atoms with E-state index in [1.807, 2.05) is 0 Å². The van der Waals surface area contributed by atoms with E-state index < -0.39 is 0 Å². The van der Waals surface area contributed by atoms with Crippen molar-refractivity contribution in [2.24, 2.45) is 0 Å². The summed E-state index contributed by atoms with van der Waals surface area (Å²) in [6.45, 7) is 9.42. The van der Waals surface area contributed by atoms with Crippen molar-refractivity contribution in [2.45, 2.75) is 38.3 Å². The van der Waals surface area contributed by atoms with E-state index in [1.54, 1.807) is 12.7 Å². The number of rotatable bonds is 4. The van der Waals surface area contributed by atoms with Crippen LogP contribution in [0.4, 0.5) is 0 Å². The van der Waals surface area contributed by atoms with E-state index in [2.05, 4.69) is 60.9 Å². The van der Waals surface area contributed by atoms with E-state index in [4.69, 9.17) is 4.74 Å². The Hall–Kier alpha value is -2.06. The van der Waals surface area contributed by atoms with Crippen LogP contribution in [0, 0.1) is 0 Å². The summed E-state index contributed by atoms with van der Waals surface area (Å²) in [4.78, 5) is 2.59. The summed E-state index contributed by atoms with van der Waals surface area (Å²) in [6, 6.07) is 15.4. The third-order valence-electron chi connectivity index (χ3n) is 5.51. The molecule has 4 rings (SSSR count). The highest BCUT2D eigenvalue weighted by molar-refractivity contribution is 5.63. The third-order valence-corrected chi connectivity index (χ3v) is 5.51. The summed E-state index contributed by atoms with van der Waals surface area (Å²) in [5.41, 5.74) is 7.28. The minimum Gasteiger partial charge on any atom is -0.497 e. The second-order valence-electron chi connectivity index (χ2n) is 7.43. The Kier molecular flexibility index (Phi) is 3.73. The van der Waals surface area contributed by atoms with E-state index in [1.165, 1.54) is 36.1 Å². The quantitative estimate of drug-likeness (QED) is 0.804. The molecule has 1 saturated carbocycles. The van der Waals surface area contributed by atoms with Crippen molar-refractivity contribution < 1.29 is 4.74 Å². The SMILES string of the molecule is C=C(C)c1ccc2c(c1)C1(CC1)CN(Cc1ccc(OC)cc1)C2. The smallest absolute Gasteiger partial charge is 0.118 e. The maximum atomic E-state index is 5.26. The lowest BCUT2D eigenvalue weighted by Crippen LogP contribution is -2.37. The lowest BCUT2D eigenvalue weighted by atomic mass is 9.85. The Morgan fingerprint density at radius 2 is 1.92 bits per heavy atom. The molecular weight excluding hydrogens is 294 g/mol. The first-order chi connectivity index (χ1) is 11.6. The summed E-state index contributed by atoms with van der Waals surface area (Å²) >= 11 is 0. The fraction of sp³-hybridized carbons (Fsp3) is 0.364. The van der Waals surface area contributed by atoms with Crippen LogP contribution in [-0.2, 0) is 18.5 Å². The van der Waals surface area contributed by atoms with Gasteiger partial charge in [0.05, 0.1) is 7.11 Å². The van der Waals surface area contributed by atoms with Gasteiger partial charge in [0.2, 0.25) is 0 Å². The molecule has 1 aliphatic heterocycles. The van der Waals surface area contributed by atoms with Gasteiger partial charge in [-0.05, 0) is 54.2 Å². The average Bonchev–Trinajstić information content (AvgIpc) is 3.35. The van der Waals surface area contributed by atoms with Crippen LogP contribution in [0.1, 0.15) is 42.0 Å². The number of hydrogen-bond acceptors (Lipinski definition) is 2. The molecule has 2 aromatic rings. The molecule has 2 nitrogen and oxygen atoms in total. The molecule has 0 atom stereocenters. The zero-order chi connectivity index (χ0) is 16.7. The van der Waals surface area contributed by atoms with Gasteiger partial charge in [-0.2, -0.15) is 0 Å². The van der Waals surface area contributed by atoms with Gasteiger partial charge in [0.25, 0.3) is 0 Å². The van der Waals surface area contributed by atoms with Gasteiger partial charge >= 0.3 is 0 Å². The van der Waals surface area contributed by atoms with Gasteiger partial charge in [0, 0.05) is 25.0 Å². The second-order valence-corrected chi connectivity index (χ2v) is 7.43. The van der Waals surface area contributed by atoms with E-state index in [0.717, 1.165) is 24.4 Å². The number of nitrogens with zero attached hydrogens (tertiary/aromatic N) is 1. The molecule has 1 fully saturated rings. The molecule has 0 bridgehead atoms. The number of hydrogen-bond donors (Lipinski definition) is 0. The van der Waals surface area contributed by atoms with Crippen LogP contribution in [0.25, 0.3) is 5.57 Å². The minimum absolute atomic E-state index is 0.394. The normalized spacial score (nSPS) is 18.2. The van der Waals surface area contributed by atoms with Crippen molar-refractivity contribution in [1.82, 2.24) is 4.90 Å². The molecule has 2 aliphatic rings. The predicted octanol–water partition coefficient (Wildman–Crippen LogP) is 4.78. The molecule has 0 radical (unpaired) electrons. The molecule has 24 heavy (non-hydrogen) atoms. The maximum absolute atomic E-state index is 5.26. The molecule has 124 valence electrons. The van der Waals surface area contributed by atoms with Gasteiger partial charge in [0.15, 0.2) is 0 Å². The van der Waals surface area contributed by atoms with Gasteiger partial charge in [-0.25, -0.2) is 0 Å². The largest absolute Gasteiger partial charge is 0.497 e. The summed E-state index contributed by atoms with van der Waals surface area (Å²) < 4.78 is 5.26. The standard InChI is InChI=1S/C22H25NO/c1-16(2)18-6-7-19-14-23(15-22(10-11-22)21(19)12-18)13-17-4-8-20(24-3)9-5-17/h4-9,12H,1,10-11,13-15H2,2-3H3.